The second kappa shape index (κ2) is 73.0. The maximum atomic E-state index is 13.1. The highest BCUT2D eigenvalue weighted by Crippen LogP contribution is 2.45. The number of esters is 4. The molecule has 0 fully saturated rings. The van der Waals surface area contributed by atoms with Crippen LogP contribution in [0.1, 0.15) is 426 Å². The molecule has 17 nitrogen and oxygen atoms in total. The van der Waals surface area contributed by atoms with Crippen molar-refractivity contribution in [2.45, 2.75) is 445 Å². The van der Waals surface area contributed by atoms with Crippen LogP contribution in [0.2, 0.25) is 0 Å². The van der Waals surface area contributed by atoms with Crippen molar-refractivity contribution in [1.29, 1.82) is 0 Å². The molecule has 0 radical (unpaired) electrons. The fourth-order valence-corrected chi connectivity index (χ4v) is 14.0. The van der Waals surface area contributed by atoms with E-state index in [0.29, 0.717) is 25.7 Å². The summed E-state index contributed by atoms with van der Waals surface area (Å²) >= 11 is 0. The predicted molar refractivity (Wildman–Crippen MR) is 405 cm³/mol. The number of aliphatic hydroxyl groups excluding tert-OH is 1. The zero-order valence-electron chi connectivity index (χ0n) is 64.6. The molecule has 19 heteroatoms. The summed E-state index contributed by atoms with van der Waals surface area (Å²) in [5.74, 6) is -1.26. The Bertz CT molecular complexity index is 1890. The third kappa shape index (κ3) is 72.8. The summed E-state index contributed by atoms with van der Waals surface area (Å²) in [7, 11) is -9.91. The Morgan fingerprint density at radius 3 is 0.717 bits per heavy atom. The van der Waals surface area contributed by atoms with E-state index in [0.717, 1.165) is 95.8 Å². The first-order valence-corrected chi connectivity index (χ1v) is 44.7. The first-order valence-electron chi connectivity index (χ1n) is 41.7. The Kier molecular flexibility index (Phi) is 71.6. The normalized spacial score (nSPS) is 14.1. The van der Waals surface area contributed by atoms with Crippen molar-refractivity contribution in [2.24, 2.45) is 5.92 Å². The maximum absolute atomic E-state index is 13.1. The average Bonchev–Trinajstić information content (AvgIpc) is 1.04. The van der Waals surface area contributed by atoms with Gasteiger partial charge in [0.05, 0.1) is 26.4 Å². The Hall–Kier alpha value is -1.94. The average molecular weight is 1450 g/mol. The number of hydrogen-bond acceptors (Lipinski definition) is 15. The van der Waals surface area contributed by atoms with Crippen LogP contribution in [-0.4, -0.2) is 96.7 Å². The molecule has 0 aromatic heterocycles. The van der Waals surface area contributed by atoms with Gasteiger partial charge < -0.3 is 33.8 Å². The van der Waals surface area contributed by atoms with E-state index >= 15 is 0 Å². The van der Waals surface area contributed by atoms with Gasteiger partial charge >= 0.3 is 39.5 Å². The fraction of sp³-hybridized carbons (Fsp3) is 0.950. The van der Waals surface area contributed by atoms with Crippen molar-refractivity contribution < 1.29 is 80.2 Å². The number of hydrogen-bond donors (Lipinski definition) is 3. The summed E-state index contributed by atoms with van der Waals surface area (Å²) in [6.07, 6.45) is 63.8. The number of phosphoric acid groups is 2. The highest BCUT2D eigenvalue weighted by molar-refractivity contribution is 7.47. The van der Waals surface area contributed by atoms with E-state index in [1.807, 2.05) is 0 Å². The van der Waals surface area contributed by atoms with Gasteiger partial charge in [0.1, 0.15) is 19.3 Å². The second-order valence-corrected chi connectivity index (χ2v) is 32.0. The molecule has 0 aliphatic heterocycles. The highest BCUT2D eigenvalue weighted by Gasteiger charge is 2.30. The second-order valence-electron chi connectivity index (χ2n) is 29.1. The minimum absolute atomic E-state index is 0.108. The van der Waals surface area contributed by atoms with E-state index in [1.165, 1.54) is 250 Å². The van der Waals surface area contributed by atoms with E-state index in [2.05, 4.69) is 34.6 Å². The third-order valence-corrected chi connectivity index (χ3v) is 21.0. The van der Waals surface area contributed by atoms with Gasteiger partial charge in [-0.15, -0.1) is 0 Å². The largest absolute Gasteiger partial charge is 0.472 e. The summed E-state index contributed by atoms with van der Waals surface area (Å²) in [4.78, 5) is 72.9. The van der Waals surface area contributed by atoms with Crippen molar-refractivity contribution in [3.05, 3.63) is 0 Å². The van der Waals surface area contributed by atoms with Gasteiger partial charge in [0.15, 0.2) is 12.2 Å². The van der Waals surface area contributed by atoms with E-state index < -0.39 is 97.5 Å². The van der Waals surface area contributed by atoms with Crippen molar-refractivity contribution >= 4 is 39.5 Å². The Morgan fingerprint density at radius 2 is 0.485 bits per heavy atom. The number of phosphoric ester groups is 2. The van der Waals surface area contributed by atoms with Crippen LogP contribution < -0.4 is 0 Å². The van der Waals surface area contributed by atoms with Gasteiger partial charge in [0.2, 0.25) is 0 Å². The summed E-state index contributed by atoms with van der Waals surface area (Å²) in [5, 5.41) is 10.6. The van der Waals surface area contributed by atoms with Gasteiger partial charge in [-0.05, 0) is 31.6 Å². The van der Waals surface area contributed by atoms with Gasteiger partial charge in [-0.1, -0.05) is 375 Å². The van der Waals surface area contributed by atoms with E-state index in [4.69, 9.17) is 37.0 Å². The topological polar surface area (TPSA) is 237 Å². The number of aliphatic hydroxyl groups is 1. The summed E-state index contributed by atoms with van der Waals surface area (Å²) in [5.41, 5.74) is 0. The van der Waals surface area contributed by atoms with E-state index in [-0.39, 0.29) is 25.7 Å². The van der Waals surface area contributed by atoms with Crippen molar-refractivity contribution in [1.82, 2.24) is 0 Å². The molecule has 3 unspecified atom stereocenters. The molecule has 0 aliphatic rings. The van der Waals surface area contributed by atoms with Crippen LogP contribution in [0.15, 0.2) is 0 Å². The molecule has 0 aromatic carbocycles. The molecule has 0 saturated heterocycles. The van der Waals surface area contributed by atoms with Gasteiger partial charge in [-0.25, -0.2) is 9.13 Å². The Balaban J connectivity index is 5.20. The molecule has 3 N–H and O–H groups in total. The van der Waals surface area contributed by atoms with Gasteiger partial charge in [0.25, 0.3) is 0 Å². The summed E-state index contributed by atoms with van der Waals surface area (Å²) in [6, 6.07) is 0. The Morgan fingerprint density at radius 1 is 0.283 bits per heavy atom. The molecule has 588 valence electrons. The van der Waals surface area contributed by atoms with Crippen LogP contribution in [0, 0.1) is 5.92 Å². The molecule has 0 amide bonds. The molecule has 0 aliphatic carbocycles. The first kappa shape index (κ1) is 97.1. The lowest BCUT2D eigenvalue weighted by Crippen LogP contribution is -2.30. The minimum Gasteiger partial charge on any atom is -0.462 e. The van der Waals surface area contributed by atoms with Crippen LogP contribution >= 0.6 is 15.6 Å². The summed E-state index contributed by atoms with van der Waals surface area (Å²) in [6.45, 7) is 7.36. The molecule has 0 saturated carbocycles. The molecule has 99 heavy (non-hydrogen) atoms. The van der Waals surface area contributed by atoms with Gasteiger partial charge in [0, 0.05) is 25.7 Å². The van der Waals surface area contributed by atoms with E-state index in [1.54, 1.807) is 0 Å². The van der Waals surface area contributed by atoms with Crippen LogP contribution in [0.4, 0.5) is 0 Å². The SMILES string of the molecule is CCCCCCCCCCCCCCCCCCCCCCC(=O)O[C@H](COC(=O)CCCCCCCCCCCCCCCCC(C)CC)COP(=O)(O)OC[C@@H](O)COP(=O)(O)OC[C@@H](COC(=O)CCCCCCCCCCC)OC(=O)CCCCCCCCCCCCCC. The van der Waals surface area contributed by atoms with Crippen molar-refractivity contribution in [3.8, 4) is 0 Å². The highest BCUT2D eigenvalue weighted by atomic mass is 31.2. The first-order chi connectivity index (χ1) is 48.1. The van der Waals surface area contributed by atoms with Crippen LogP contribution in [0.25, 0.3) is 0 Å². The third-order valence-electron chi connectivity index (χ3n) is 19.1. The summed E-state index contributed by atoms with van der Waals surface area (Å²) < 4.78 is 68.6. The lowest BCUT2D eigenvalue weighted by molar-refractivity contribution is -0.161. The van der Waals surface area contributed by atoms with Crippen molar-refractivity contribution in [2.75, 3.05) is 39.6 Å². The molecular formula is C80H156O17P2. The molecule has 0 heterocycles. The standard InChI is InChI=1S/C80H156O17P2/c1-6-10-13-16-19-22-24-26-27-28-29-30-31-32-37-41-46-51-56-61-66-80(85)97-76(70-91-78(83)64-59-54-49-44-40-36-34-33-35-38-43-47-52-57-62-73(5)9-4)72-95-99(88,89)93-68-74(81)67-92-98(86,87)94-71-75(69-90-77(82)63-58-53-48-42-21-18-15-12-8-3)96-79(84)65-60-55-50-45-39-25-23-20-17-14-11-7-2/h73-76,81H,6-72H2,1-5H3,(H,86,87)(H,88,89)/t73?,74-,75+,76+/m0/s1. The Labute approximate surface area is 607 Å². The molecule has 0 aromatic rings. The van der Waals surface area contributed by atoms with Gasteiger partial charge in [-0.2, -0.15) is 0 Å². The quantitative estimate of drug-likeness (QED) is 0.0222. The molecule has 0 bridgehead atoms. The van der Waals surface area contributed by atoms with Gasteiger partial charge in [-0.3, -0.25) is 37.3 Å². The monoisotopic (exact) mass is 1450 g/mol. The van der Waals surface area contributed by atoms with Crippen LogP contribution in [0.5, 0.6) is 0 Å². The predicted octanol–water partition coefficient (Wildman–Crippen LogP) is 24.0. The molecular weight excluding hydrogens is 1290 g/mol. The van der Waals surface area contributed by atoms with E-state index in [9.17, 15) is 43.2 Å². The minimum atomic E-state index is -4.96. The number of unbranched alkanes of at least 4 members (excludes halogenated alkanes) is 51. The van der Waals surface area contributed by atoms with Crippen molar-refractivity contribution in [3.63, 3.8) is 0 Å². The van der Waals surface area contributed by atoms with Crippen LogP contribution in [0.3, 0.4) is 0 Å². The number of ether oxygens (including phenoxy) is 4. The smallest absolute Gasteiger partial charge is 0.462 e. The lowest BCUT2D eigenvalue weighted by atomic mass is 9.99. The zero-order valence-corrected chi connectivity index (χ0v) is 66.4. The molecule has 0 rings (SSSR count). The number of rotatable bonds is 80. The van der Waals surface area contributed by atoms with Crippen LogP contribution in [-0.2, 0) is 65.4 Å². The number of carbonyl (C=O) groups excluding carboxylic acids is 4. The maximum Gasteiger partial charge on any atom is 0.472 e. The number of carbonyl (C=O) groups is 4. The molecule has 6 atom stereocenters. The fourth-order valence-electron chi connectivity index (χ4n) is 12.4. The molecule has 0 spiro atoms. The lowest BCUT2D eigenvalue weighted by Gasteiger charge is -2.21. The zero-order chi connectivity index (χ0) is 72.7.